The van der Waals surface area contributed by atoms with E-state index in [0.717, 1.165) is 0 Å². The van der Waals surface area contributed by atoms with Crippen molar-refractivity contribution in [3.63, 3.8) is 0 Å². The quantitative estimate of drug-likeness (QED) is 0.717. The maximum Gasteiger partial charge on any atom is 0.281 e. The molecule has 0 aromatic heterocycles. The summed E-state index contributed by atoms with van der Waals surface area (Å²) in [6.45, 7) is 1.14. The normalized spacial score (nSPS) is 16.2. The summed E-state index contributed by atoms with van der Waals surface area (Å²) in [4.78, 5) is 13.9. The van der Waals surface area contributed by atoms with Gasteiger partial charge in [0.2, 0.25) is 0 Å². The van der Waals surface area contributed by atoms with E-state index in [0.29, 0.717) is 24.6 Å². The Hall–Kier alpha value is -1.84. The van der Waals surface area contributed by atoms with E-state index in [-0.39, 0.29) is 25.6 Å². The molecule has 1 aromatic rings. The highest BCUT2D eigenvalue weighted by molar-refractivity contribution is 7.86. The highest BCUT2D eigenvalue weighted by Crippen LogP contribution is 2.25. The third kappa shape index (κ3) is 4.16. The second kappa shape index (κ2) is 7.82. The molecule has 0 saturated carbocycles. The van der Waals surface area contributed by atoms with Crippen LogP contribution >= 0.6 is 0 Å². The van der Waals surface area contributed by atoms with Gasteiger partial charge in [0.15, 0.2) is 18.1 Å². The first-order valence-corrected chi connectivity index (χ1v) is 8.97. The molecule has 0 bridgehead atoms. The molecule has 9 heteroatoms. The molecular weight excluding hydrogens is 334 g/mol. The summed E-state index contributed by atoms with van der Waals surface area (Å²) in [5, 5.41) is 0. The molecule has 134 valence electrons. The standard InChI is InChI=1S/C15H23N3O5S/c1-16(2)24(20,21)18-10-8-17(9-11-18)15(19)12-23-14-7-5-4-6-13(14)22-3/h4-7H,8-12H2,1-3H3. The smallest absolute Gasteiger partial charge is 0.281 e. The lowest BCUT2D eigenvalue weighted by Gasteiger charge is -2.35. The highest BCUT2D eigenvalue weighted by Gasteiger charge is 2.30. The van der Waals surface area contributed by atoms with E-state index in [1.807, 2.05) is 6.07 Å². The largest absolute Gasteiger partial charge is 0.493 e. The van der Waals surface area contributed by atoms with Crippen LogP contribution in [0.3, 0.4) is 0 Å². The summed E-state index contributed by atoms with van der Waals surface area (Å²) in [5.74, 6) is 0.886. The molecule has 8 nitrogen and oxygen atoms in total. The molecule has 1 aliphatic heterocycles. The minimum absolute atomic E-state index is 0.110. The van der Waals surface area contributed by atoms with Gasteiger partial charge in [0.05, 0.1) is 7.11 Å². The average Bonchev–Trinajstić information content (AvgIpc) is 2.59. The van der Waals surface area contributed by atoms with Crippen LogP contribution in [-0.4, -0.2) is 81.8 Å². The lowest BCUT2D eigenvalue weighted by molar-refractivity contribution is -0.134. The van der Waals surface area contributed by atoms with Crippen LogP contribution in [0, 0.1) is 0 Å². The minimum Gasteiger partial charge on any atom is -0.493 e. The van der Waals surface area contributed by atoms with Crippen LogP contribution in [0.5, 0.6) is 11.5 Å². The van der Waals surface area contributed by atoms with Gasteiger partial charge in [0, 0.05) is 40.3 Å². The van der Waals surface area contributed by atoms with Gasteiger partial charge in [-0.1, -0.05) is 12.1 Å². The van der Waals surface area contributed by atoms with E-state index >= 15 is 0 Å². The van der Waals surface area contributed by atoms with Crippen molar-refractivity contribution in [3.05, 3.63) is 24.3 Å². The van der Waals surface area contributed by atoms with Crippen LogP contribution in [0.4, 0.5) is 0 Å². The van der Waals surface area contributed by atoms with Crippen LogP contribution in [0.1, 0.15) is 0 Å². The molecule has 1 heterocycles. The molecule has 2 rings (SSSR count). The second-order valence-electron chi connectivity index (χ2n) is 5.51. The minimum atomic E-state index is -3.43. The predicted molar refractivity (Wildman–Crippen MR) is 89.2 cm³/mol. The number of para-hydroxylation sites is 2. The number of piperazine rings is 1. The average molecular weight is 357 g/mol. The Kier molecular flexibility index (Phi) is 6.03. The number of hydrogen-bond acceptors (Lipinski definition) is 5. The molecule has 1 aliphatic rings. The molecule has 1 aromatic carbocycles. The topological polar surface area (TPSA) is 79.4 Å². The number of carbonyl (C=O) groups is 1. The summed E-state index contributed by atoms with van der Waals surface area (Å²) < 4.78 is 37.3. The number of nitrogens with zero attached hydrogens (tertiary/aromatic N) is 3. The molecule has 1 fully saturated rings. The van der Waals surface area contributed by atoms with Crippen molar-refractivity contribution in [2.24, 2.45) is 0 Å². The van der Waals surface area contributed by atoms with Crippen LogP contribution < -0.4 is 9.47 Å². The monoisotopic (exact) mass is 357 g/mol. The number of rotatable bonds is 6. The number of ether oxygens (including phenoxy) is 2. The molecule has 0 unspecified atom stereocenters. The third-order valence-corrected chi connectivity index (χ3v) is 5.74. The van der Waals surface area contributed by atoms with E-state index in [4.69, 9.17) is 9.47 Å². The fourth-order valence-electron chi connectivity index (χ4n) is 2.37. The number of carbonyl (C=O) groups excluding carboxylic acids is 1. The van der Waals surface area contributed by atoms with E-state index in [1.54, 1.807) is 23.1 Å². The lowest BCUT2D eigenvalue weighted by atomic mass is 10.3. The molecule has 1 saturated heterocycles. The fourth-order valence-corrected chi connectivity index (χ4v) is 3.45. The van der Waals surface area contributed by atoms with Crippen LogP contribution in [0.2, 0.25) is 0 Å². The van der Waals surface area contributed by atoms with Crippen LogP contribution in [0.15, 0.2) is 24.3 Å². The molecule has 24 heavy (non-hydrogen) atoms. The fraction of sp³-hybridized carbons (Fsp3) is 0.533. The molecule has 0 aliphatic carbocycles. The zero-order valence-corrected chi connectivity index (χ0v) is 15.0. The molecule has 0 spiro atoms. The zero-order chi connectivity index (χ0) is 17.7. The van der Waals surface area contributed by atoms with Crippen molar-refractivity contribution < 1.29 is 22.7 Å². The van der Waals surface area contributed by atoms with Crippen molar-refractivity contribution in [2.75, 3.05) is 54.0 Å². The van der Waals surface area contributed by atoms with Crippen molar-refractivity contribution in [2.45, 2.75) is 0 Å². The number of benzene rings is 1. The van der Waals surface area contributed by atoms with E-state index < -0.39 is 10.2 Å². The first-order chi connectivity index (χ1) is 11.4. The van der Waals surface area contributed by atoms with Gasteiger partial charge in [-0.2, -0.15) is 17.0 Å². The lowest BCUT2D eigenvalue weighted by Crippen LogP contribution is -2.53. The highest BCUT2D eigenvalue weighted by atomic mass is 32.2. The van der Waals surface area contributed by atoms with Gasteiger partial charge in [-0.25, -0.2) is 0 Å². The summed E-state index contributed by atoms with van der Waals surface area (Å²) in [7, 11) is 1.09. The summed E-state index contributed by atoms with van der Waals surface area (Å²) in [5.41, 5.74) is 0. The van der Waals surface area contributed by atoms with Crippen LogP contribution in [-0.2, 0) is 15.0 Å². The number of amides is 1. The van der Waals surface area contributed by atoms with Gasteiger partial charge >= 0.3 is 0 Å². The zero-order valence-electron chi connectivity index (χ0n) is 14.1. The molecule has 0 atom stereocenters. The van der Waals surface area contributed by atoms with Gasteiger partial charge < -0.3 is 14.4 Å². The summed E-state index contributed by atoms with van der Waals surface area (Å²) in [6.07, 6.45) is 0. The van der Waals surface area contributed by atoms with Gasteiger partial charge in [-0.3, -0.25) is 4.79 Å². The van der Waals surface area contributed by atoms with Crippen molar-refractivity contribution in [1.82, 2.24) is 13.5 Å². The maximum absolute atomic E-state index is 12.2. The van der Waals surface area contributed by atoms with E-state index in [2.05, 4.69) is 0 Å². The molecule has 0 N–H and O–H groups in total. The molecular formula is C15H23N3O5S. The molecule has 0 radical (unpaired) electrons. The van der Waals surface area contributed by atoms with Crippen molar-refractivity contribution in [3.8, 4) is 11.5 Å². The summed E-state index contributed by atoms with van der Waals surface area (Å²) in [6, 6.07) is 7.10. The maximum atomic E-state index is 12.2. The Balaban J connectivity index is 1.87. The van der Waals surface area contributed by atoms with E-state index in [1.165, 1.54) is 29.8 Å². The van der Waals surface area contributed by atoms with Crippen molar-refractivity contribution >= 4 is 16.1 Å². The molecule has 1 amide bonds. The Morgan fingerprint density at radius 1 is 1.12 bits per heavy atom. The van der Waals surface area contributed by atoms with Gasteiger partial charge in [-0.15, -0.1) is 0 Å². The Labute approximate surface area is 142 Å². The SMILES string of the molecule is COc1ccccc1OCC(=O)N1CCN(S(=O)(=O)N(C)C)CC1. The van der Waals surface area contributed by atoms with E-state index in [9.17, 15) is 13.2 Å². The first-order valence-electron chi connectivity index (χ1n) is 7.57. The Morgan fingerprint density at radius 2 is 1.71 bits per heavy atom. The van der Waals surface area contributed by atoms with Gasteiger partial charge in [0.25, 0.3) is 16.1 Å². The predicted octanol–water partition coefficient (Wildman–Crippen LogP) is 0.0246. The van der Waals surface area contributed by atoms with Gasteiger partial charge in [-0.05, 0) is 12.1 Å². The summed E-state index contributed by atoms with van der Waals surface area (Å²) >= 11 is 0. The Bertz CT molecular complexity index is 669. The first kappa shape index (κ1) is 18.5. The van der Waals surface area contributed by atoms with Crippen molar-refractivity contribution in [1.29, 1.82) is 0 Å². The Morgan fingerprint density at radius 3 is 2.25 bits per heavy atom. The third-order valence-electron chi connectivity index (χ3n) is 3.80. The van der Waals surface area contributed by atoms with Crippen LogP contribution in [0.25, 0.3) is 0 Å². The van der Waals surface area contributed by atoms with Gasteiger partial charge in [0.1, 0.15) is 0 Å². The number of hydrogen-bond donors (Lipinski definition) is 0. The second-order valence-corrected chi connectivity index (χ2v) is 7.65. The number of methoxy groups -OCH3 is 1.